The number of nitrogens with zero attached hydrogens (tertiary/aromatic N) is 2. The highest BCUT2D eigenvalue weighted by atomic mass is 32.2. The number of nitrogens with two attached hydrogens (primary N) is 1. The van der Waals surface area contributed by atoms with Crippen molar-refractivity contribution in [1.82, 2.24) is 4.31 Å². The number of rotatable bonds is 7. The Labute approximate surface area is 141 Å². The third-order valence-electron chi connectivity index (χ3n) is 3.41. The van der Waals surface area contributed by atoms with Crippen LogP contribution < -0.4 is 5.73 Å². The molecule has 0 aromatic heterocycles. The first-order chi connectivity index (χ1) is 11.4. The lowest BCUT2D eigenvalue weighted by Crippen LogP contribution is -2.33. The van der Waals surface area contributed by atoms with Crippen LogP contribution in [0.25, 0.3) is 0 Å². The minimum absolute atomic E-state index is 0.0157. The summed E-state index contributed by atoms with van der Waals surface area (Å²) in [6, 6.07) is 16.8. The first-order valence-electron chi connectivity index (χ1n) is 7.26. The van der Waals surface area contributed by atoms with Crippen LogP contribution in [0.4, 0.5) is 0 Å². The molecule has 2 aromatic carbocycles. The van der Waals surface area contributed by atoms with E-state index in [1.165, 1.54) is 28.6 Å². The van der Waals surface area contributed by atoms with Crippen molar-refractivity contribution in [2.75, 3.05) is 6.54 Å². The Kier molecular flexibility index (Phi) is 5.68. The standard InChI is InChI=1S/C17H17N3O3S/c18-12-15-7-4-8-16(11-15)24(22,23)20(10-9-17(19)21)13-14-5-2-1-3-6-14/h1-8,11H,9-10,13H2,(H2,19,21). The lowest BCUT2D eigenvalue weighted by atomic mass is 10.2. The minimum Gasteiger partial charge on any atom is -0.370 e. The normalized spacial score (nSPS) is 11.2. The number of sulfonamides is 1. The van der Waals surface area contributed by atoms with Gasteiger partial charge < -0.3 is 5.73 Å². The van der Waals surface area contributed by atoms with E-state index in [1.807, 2.05) is 24.3 Å². The lowest BCUT2D eigenvalue weighted by Gasteiger charge is -2.22. The number of hydrogen-bond donors (Lipinski definition) is 1. The van der Waals surface area contributed by atoms with E-state index in [2.05, 4.69) is 0 Å². The molecule has 0 atom stereocenters. The molecule has 2 N–H and O–H groups in total. The predicted octanol–water partition coefficient (Wildman–Crippen LogP) is 1.62. The summed E-state index contributed by atoms with van der Waals surface area (Å²) in [5.41, 5.74) is 6.21. The molecule has 0 saturated heterocycles. The first kappa shape index (κ1) is 17.7. The maximum Gasteiger partial charge on any atom is 0.243 e. The monoisotopic (exact) mass is 343 g/mol. The van der Waals surface area contributed by atoms with Crippen LogP contribution in [0, 0.1) is 11.3 Å². The van der Waals surface area contributed by atoms with Crippen molar-refractivity contribution in [1.29, 1.82) is 5.26 Å². The maximum absolute atomic E-state index is 12.9. The second-order valence-corrected chi connectivity index (χ2v) is 7.12. The van der Waals surface area contributed by atoms with Crippen LogP contribution in [0.1, 0.15) is 17.5 Å². The van der Waals surface area contributed by atoms with E-state index < -0.39 is 15.9 Å². The van der Waals surface area contributed by atoms with Crippen molar-refractivity contribution in [3.8, 4) is 6.07 Å². The molecule has 0 radical (unpaired) electrons. The molecule has 7 heteroatoms. The fourth-order valence-electron chi connectivity index (χ4n) is 2.18. The highest BCUT2D eigenvalue weighted by molar-refractivity contribution is 7.89. The fourth-order valence-corrected chi connectivity index (χ4v) is 3.66. The van der Waals surface area contributed by atoms with Crippen LogP contribution in [0.5, 0.6) is 0 Å². The minimum atomic E-state index is -3.85. The molecular formula is C17H17N3O3S. The predicted molar refractivity (Wildman–Crippen MR) is 89.0 cm³/mol. The second-order valence-electron chi connectivity index (χ2n) is 5.18. The number of carbonyl (C=O) groups is 1. The highest BCUT2D eigenvalue weighted by Crippen LogP contribution is 2.19. The quantitative estimate of drug-likeness (QED) is 0.825. The summed E-state index contributed by atoms with van der Waals surface area (Å²) >= 11 is 0. The van der Waals surface area contributed by atoms with Crippen molar-refractivity contribution in [2.24, 2.45) is 5.73 Å². The average Bonchev–Trinajstić information content (AvgIpc) is 2.59. The Bertz CT molecular complexity index is 858. The zero-order valence-electron chi connectivity index (χ0n) is 12.9. The summed E-state index contributed by atoms with van der Waals surface area (Å²) in [5.74, 6) is -0.575. The highest BCUT2D eigenvalue weighted by Gasteiger charge is 2.25. The average molecular weight is 343 g/mol. The number of nitriles is 1. The molecule has 2 aromatic rings. The molecule has 0 aliphatic rings. The van der Waals surface area contributed by atoms with Crippen LogP contribution in [-0.4, -0.2) is 25.2 Å². The van der Waals surface area contributed by atoms with Gasteiger partial charge in [-0.1, -0.05) is 36.4 Å². The largest absolute Gasteiger partial charge is 0.370 e. The van der Waals surface area contributed by atoms with Gasteiger partial charge in [-0.15, -0.1) is 0 Å². The summed E-state index contributed by atoms with van der Waals surface area (Å²) in [5, 5.41) is 8.96. The summed E-state index contributed by atoms with van der Waals surface area (Å²) in [7, 11) is -3.85. The maximum atomic E-state index is 12.9. The number of benzene rings is 2. The smallest absolute Gasteiger partial charge is 0.243 e. The molecule has 0 heterocycles. The van der Waals surface area contributed by atoms with Crippen molar-refractivity contribution >= 4 is 15.9 Å². The van der Waals surface area contributed by atoms with Crippen LogP contribution in [0.3, 0.4) is 0 Å². The van der Waals surface area contributed by atoms with Gasteiger partial charge in [-0.3, -0.25) is 4.79 Å². The molecule has 0 fully saturated rings. The first-order valence-corrected chi connectivity index (χ1v) is 8.70. The fraction of sp³-hybridized carbons (Fsp3) is 0.176. The van der Waals surface area contributed by atoms with E-state index in [9.17, 15) is 13.2 Å². The number of hydrogen-bond acceptors (Lipinski definition) is 4. The molecule has 0 spiro atoms. The van der Waals surface area contributed by atoms with Crippen LogP contribution in [-0.2, 0) is 21.4 Å². The third kappa shape index (κ3) is 4.41. The lowest BCUT2D eigenvalue weighted by molar-refractivity contribution is -0.118. The summed E-state index contributed by atoms with van der Waals surface area (Å²) < 4.78 is 27.0. The van der Waals surface area contributed by atoms with Crippen LogP contribution in [0.2, 0.25) is 0 Å². The summed E-state index contributed by atoms with van der Waals surface area (Å²) in [6.07, 6.45) is -0.0794. The van der Waals surface area contributed by atoms with E-state index in [1.54, 1.807) is 12.1 Å². The number of primary amides is 1. The molecule has 0 aliphatic carbocycles. The Balaban J connectivity index is 2.36. The van der Waals surface area contributed by atoms with Crippen molar-refractivity contribution < 1.29 is 13.2 Å². The molecular weight excluding hydrogens is 326 g/mol. The van der Waals surface area contributed by atoms with Crippen molar-refractivity contribution in [3.05, 3.63) is 65.7 Å². The van der Waals surface area contributed by atoms with E-state index in [-0.39, 0.29) is 30.0 Å². The van der Waals surface area contributed by atoms with E-state index in [0.717, 1.165) is 5.56 Å². The zero-order valence-corrected chi connectivity index (χ0v) is 13.7. The van der Waals surface area contributed by atoms with Crippen LogP contribution >= 0.6 is 0 Å². The molecule has 24 heavy (non-hydrogen) atoms. The number of carbonyl (C=O) groups excluding carboxylic acids is 1. The Morgan fingerprint density at radius 1 is 1.12 bits per heavy atom. The van der Waals surface area contributed by atoms with Gasteiger partial charge in [0.15, 0.2) is 0 Å². The van der Waals surface area contributed by atoms with Gasteiger partial charge in [0.05, 0.1) is 16.5 Å². The van der Waals surface area contributed by atoms with Gasteiger partial charge in [0, 0.05) is 19.5 Å². The van der Waals surface area contributed by atoms with Crippen LogP contribution in [0.15, 0.2) is 59.5 Å². The molecule has 1 amide bonds. The zero-order chi connectivity index (χ0) is 17.6. The van der Waals surface area contributed by atoms with Gasteiger partial charge in [0.2, 0.25) is 15.9 Å². The SMILES string of the molecule is N#Cc1cccc(S(=O)(=O)N(CCC(N)=O)Cc2ccccc2)c1. The van der Waals surface area contributed by atoms with E-state index >= 15 is 0 Å². The molecule has 0 aliphatic heterocycles. The summed E-state index contributed by atoms with van der Waals surface area (Å²) in [4.78, 5) is 11.1. The molecule has 124 valence electrons. The molecule has 2 rings (SSSR count). The van der Waals surface area contributed by atoms with Gasteiger partial charge in [0.25, 0.3) is 0 Å². The summed E-state index contributed by atoms with van der Waals surface area (Å²) in [6.45, 7) is 0.0938. The Morgan fingerprint density at radius 3 is 2.46 bits per heavy atom. The Hall–Kier alpha value is -2.69. The molecule has 6 nitrogen and oxygen atoms in total. The van der Waals surface area contributed by atoms with E-state index in [0.29, 0.717) is 0 Å². The van der Waals surface area contributed by atoms with Gasteiger partial charge in [-0.05, 0) is 23.8 Å². The van der Waals surface area contributed by atoms with Crippen molar-refractivity contribution in [3.63, 3.8) is 0 Å². The molecule has 0 bridgehead atoms. The van der Waals surface area contributed by atoms with Crippen molar-refractivity contribution in [2.45, 2.75) is 17.9 Å². The number of amides is 1. The molecule has 0 saturated carbocycles. The Morgan fingerprint density at radius 2 is 1.83 bits per heavy atom. The van der Waals surface area contributed by atoms with Gasteiger partial charge in [-0.25, -0.2) is 8.42 Å². The third-order valence-corrected chi connectivity index (χ3v) is 5.25. The van der Waals surface area contributed by atoms with Gasteiger partial charge in [-0.2, -0.15) is 9.57 Å². The van der Waals surface area contributed by atoms with Gasteiger partial charge in [0.1, 0.15) is 0 Å². The molecule has 0 unspecified atom stereocenters. The second kappa shape index (κ2) is 7.73. The van der Waals surface area contributed by atoms with Gasteiger partial charge >= 0.3 is 0 Å². The topological polar surface area (TPSA) is 104 Å². The van der Waals surface area contributed by atoms with E-state index in [4.69, 9.17) is 11.0 Å².